The maximum absolute atomic E-state index is 6.26. The van der Waals surface area contributed by atoms with Crippen molar-refractivity contribution in [3.8, 4) is 0 Å². The Morgan fingerprint density at radius 2 is 2.30 bits per heavy atom. The minimum Gasteiger partial charge on any atom is -0.373 e. The van der Waals surface area contributed by atoms with Gasteiger partial charge in [0.1, 0.15) is 5.65 Å². The van der Waals surface area contributed by atoms with Gasteiger partial charge in [-0.1, -0.05) is 5.21 Å². The van der Waals surface area contributed by atoms with Crippen LogP contribution in [0, 0.1) is 0 Å². The summed E-state index contributed by atoms with van der Waals surface area (Å²) in [6.07, 6.45) is 8.48. The Morgan fingerprint density at radius 1 is 1.33 bits per heavy atom. The van der Waals surface area contributed by atoms with Gasteiger partial charge >= 0.3 is 0 Å². The lowest BCUT2D eigenvalue weighted by molar-refractivity contribution is -0.0377. The number of tetrazole rings is 1. The lowest BCUT2D eigenvalue weighted by atomic mass is 9.61. The summed E-state index contributed by atoms with van der Waals surface area (Å²) >= 11 is 0. The summed E-state index contributed by atoms with van der Waals surface area (Å²) in [7, 11) is 0. The van der Waals surface area contributed by atoms with E-state index >= 15 is 0 Å². The van der Waals surface area contributed by atoms with E-state index in [1.807, 2.05) is 12.3 Å². The molecule has 4 aliphatic rings. The fourth-order valence-electron chi connectivity index (χ4n) is 5.62. The highest BCUT2D eigenvalue weighted by Crippen LogP contribution is 2.58. The summed E-state index contributed by atoms with van der Waals surface area (Å²) in [5.74, 6) is 1.37. The average molecular weight is 365 g/mol. The van der Waals surface area contributed by atoms with Crippen molar-refractivity contribution in [3.05, 3.63) is 35.9 Å². The SMILES string of the molecule is c1cnc2[nH]cc(C3CCCN(CC45CC(c6nn[nH]n6)(CO4)C5)C3)c2c1. The second kappa shape index (κ2) is 5.59. The Hall–Kier alpha value is -2.32. The molecule has 1 aliphatic carbocycles. The monoisotopic (exact) mass is 365 g/mol. The zero-order valence-electron chi connectivity index (χ0n) is 15.2. The number of fused-ring (bicyclic) bond motifs is 2. The maximum Gasteiger partial charge on any atom is 0.183 e. The van der Waals surface area contributed by atoms with Crippen molar-refractivity contribution in [1.82, 2.24) is 35.5 Å². The summed E-state index contributed by atoms with van der Waals surface area (Å²) in [6, 6.07) is 4.20. The van der Waals surface area contributed by atoms with Gasteiger partial charge < -0.3 is 9.72 Å². The fourth-order valence-corrected chi connectivity index (χ4v) is 5.62. The number of nitrogens with one attached hydrogen (secondary N) is 2. The molecular formula is C19H23N7O. The van der Waals surface area contributed by atoms with Gasteiger partial charge in [-0.2, -0.15) is 5.21 Å². The first-order chi connectivity index (χ1) is 13.3. The van der Waals surface area contributed by atoms with Crippen LogP contribution >= 0.6 is 0 Å². The second-order valence-electron chi connectivity index (χ2n) is 8.56. The molecule has 0 spiro atoms. The normalized spacial score (nSPS) is 33.4. The Kier molecular flexibility index (Phi) is 3.25. The molecule has 1 atom stereocenters. The van der Waals surface area contributed by atoms with E-state index in [9.17, 15) is 0 Å². The van der Waals surface area contributed by atoms with Gasteiger partial charge in [0.25, 0.3) is 0 Å². The molecule has 0 amide bonds. The third kappa shape index (κ3) is 2.36. The number of ether oxygens (including phenoxy) is 1. The van der Waals surface area contributed by atoms with Crippen molar-refractivity contribution in [2.24, 2.45) is 0 Å². The van der Waals surface area contributed by atoms with Crippen LogP contribution in [0.4, 0.5) is 0 Å². The molecule has 3 saturated heterocycles. The molecule has 8 heteroatoms. The van der Waals surface area contributed by atoms with Gasteiger partial charge in [0.05, 0.1) is 17.6 Å². The highest BCUT2D eigenvalue weighted by molar-refractivity contribution is 5.80. The molecule has 1 unspecified atom stereocenters. The molecule has 8 nitrogen and oxygen atoms in total. The first kappa shape index (κ1) is 15.7. The van der Waals surface area contributed by atoms with Crippen molar-refractivity contribution in [1.29, 1.82) is 0 Å². The molecule has 2 bridgehead atoms. The van der Waals surface area contributed by atoms with Gasteiger partial charge in [0.15, 0.2) is 5.82 Å². The van der Waals surface area contributed by atoms with Crippen molar-refractivity contribution in [2.75, 3.05) is 26.2 Å². The molecule has 4 fully saturated rings. The van der Waals surface area contributed by atoms with Gasteiger partial charge in [-0.25, -0.2) is 4.98 Å². The van der Waals surface area contributed by atoms with Crippen molar-refractivity contribution < 1.29 is 4.74 Å². The van der Waals surface area contributed by atoms with E-state index in [4.69, 9.17) is 4.74 Å². The van der Waals surface area contributed by atoms with Gasteiger partial charge in [-0.05, 0) is 55.8 Å². The third-order valence-corrected chi connectivity index (χ3v) is 6.74. The first-order valence-electron chi connectivity index (χ1n) is 9.78. The number of hydrogen-bond donors (Lipinski definition) is 2. The number of H-pyrrole nitrogens is 2. The van der Waals surface area contributed by atoms with Crippen molar-refractivity contribution in [2.45, 2.75) is 42.6 Å². The molecule has 0 aromatic carbocycles. The molecule has 1 saturated carbocycles. The van der Waals surface area contributed by atoms with Gasteiger partial charge in [0.2, 0.25) is 0 Å². The number of hydrogen-bond acceptors (Lipinski definition) is 6. The largest absolute Gasteiger partial charge is 0.373 e. The quantitative estimate of drug-likeness (QED) is 0.731. The van der Waals surface area contributed by atoms with Gasteiger partial charge in [-0.15, -0.1) is 10.2 Å². The summed E-state index contributed by atoms with van der Waals surface area (Å²) in [5.41, 5.74) is 2.36. The molecule has 3 aliphatic heterocycles. The smallest absolute Gasteiger partial charge is 0.183 e. The third-order valence-electron chi connectivity index (χ3n) is 6.74. The standard InChI is InChI=1S/C19H23N7O/c1-4-14-15(7-21-16(14)20-5-1)13-3-2-6-26(8-13)11-19-9-18(10-19,12-27-19)17-22-24-25-23-17/h1,4-5,7,13H,2-3,6,8-12H2,(H,20,21)(H,22,23,24,25). The Bertz CT molecular complexity index is 960. The molecular weight excluding hydrogens is 342 g/mol. The highest BCUT2D eigenvalue weighted by Gasteiger charge is 2.65. The lowest BCUT2D eigenvalue weighted by Gasteiger charge is -2.46. The second-order valence-corrected chi connectivity index (χ2v) is 8.56. The highest BCUT2D eigenvalue weighted by atomic mass is 16.5. The van der Waals surface area contributed by atoms with Crippen molar-refractivity contribution in [3.63, 3.8) is 0 Å². The van der Waals surface area contributed by atoms with Crippen LogP contribution in [-0.2, 0) is 10.2 Å². The van der Waals surface area contributed by atoms with E-state index in [-0.39, 0.29) is 11.0 Å². The molecule has 140 valence electrons. The Labute approximate surface area is 156 Å². The minimum atomic E-state index is -0.0235. The van der Waals surface area contributed by atoms with E-state index in [0.717, 1.165) is 50.6 Å². The molecule has 27 heavy (non-hydrogen) atoms. The zero-order valence-corrected chi connectivity index (χ0v) is 15.2. The first-order valence-corrected chi connectivity index (χ1v) is 9.78. The number of nitrogens with zero attached hydrogens (tertiary/aromatic N) is 5. The van der Waals surface area contributed by atoms with Gasteiger partial charge in [-0.3, -0.25) is 4.90 Å². The number of rotatable bonds is 4. The number of piperidine rings is 1. The van der Waals surface area contributed by atoms with Gasteiger partial charge in [0, 0.05) is 30.9 Å². The molecule has 2 N–H and O–H groups in total. The zero-order chi connectivity index (χ0) is 17.9. The molecule has 6 heterocycles. The summed E-state index contributed by atoms with van der Waals surface area (Å²) in [4.78, 5) is 10.4. The van der Waals surface area contributed by atoms with Crippen LogP contribution in [-0.4, -0.2) is 67.3 Å². The van der Waals surface area contributed by atoms with Crippen LogP contribution in [0.1, 0.15) is 43.0 Å². The predicted molar refractivity (Wildman–Crippen MR) is 98.3 cm³/mol. The lowest BCUT2D eigenvalue weighted by Crippen LogP contribution is -2.55. The number of pyridine rings is 1. The summed E-state index contributed by atoms with van der Waals surface area (Å²) < 4.78 is 6.26. The number of aromatic amines is 2. The van der Waals surface area contributed by atoms with Crippen molar-refractivity contribution >= 4 is 11.0 Å². The van der Waals surface area contributed by atoms with Crippen LogP contribution in [0.3, 0.4) is 0 Å². The summed E-state index contributed by atoms with van der Waals surface area (Å²) in [5, 5.41) is 16.0. The van der Waals surface area contributed by atoms with E-state index in [1.54, 1.807) is 0 Å². The fraction of sp³-hybridized carbons (Fsp3) is 0.579. The van der Waals surface area contributed by atoms with E-state index in [0.29, 0.717) is 5.92 Å². The molecule has 3 aromatic heterocycles. The molecule has 3 aromatic rings. The van der Waals surface area contributed by atoms with E-state index in [1.165, 1.54) is 23.8 Å². The van der Waals surface area contributed by atoms with Crippen LogP contribution in [0.2, 0.25) is 0 Å². The number of likely N-dealkylation sites (tertiary alicyclic amines) is 1. The predicted octanol–water partition coefficient (Wildman–Crippen LogP) is 1.76. The van der Waals surface area contributed by atoms with Crippen LogP contribution in [0.5, 0.6) is 0 Å². The maximum atomic E-state index is 6.26. The average Bonchev–Trinajstić information content (AvgIpc) is 3.44. The Morgan fingerprint density at radius 3 is 3.19 bits per heavy atom. The van der Waals surface area contributed by atoms with Crippen LogP contribution < -0.4 is 0 Å². The van der Waals surface area contributed by atoms with Crippen LogP contribution in [0.25, 0.3) is 11.0 Å². The van der Waals surface area contributed by atoms with E-state index < -0.39 is 0 Å². The van der Waals surface area contributed by atoms with Crippen LogP contribution in [0.15, 0.2) is 24.5 Å². The van der Waals surface area contributed by atoms with E-state index in [2.05, 4.69) is 47.8 Å². The Balaban J connectivity index is 1.17. The molecule has 7 rings (SSSR count). The number of aromatic nitrogens is 6. The summed E-state index contributed by atoms with van der Waals surface area (Å²) in [6.45, 7) is 3.96. The topological polar surface area (TPSA) is 95.6 Å². The minimum absolute atomic E-state index is 0.00923. The molecule has 0 radical (unpaired) electrons.